The maximum Gasteiger partial charge on any atom is 0.168 e. The zero-order valence-corrected chi connectivity index (χ0v) is 10.6. The maximum absolute atomic E-state index is 13.7. The van der Waals surface area contributed by atoms with Crippen LogP contribution in [0.15, 0.2) is 18.2 Å². The molecule has 1 fully saturated rings. The van der Waals surface area contributed by atoms with E-state index in [9.17, 15) is 9.18 Å². The Morgan fingerprint density at radius 2 is 2.22 bits per heavy atom. The predicted octanol–water partition coefficient (Wildman–Crippen LogP) is 2.57. The van der Waals surface area contributed by atoms with Crippen LogP contribution in [0, 0.1) is 17.7 Å². The summed E-state index contributed by atoms with van der Waals surface area (Å²) in [6.45, 7) is 3.19. The van der Waals surface area contributed by atoms with Crippen molar-refractivity contribution >= 4 is 5.78 Å². The number of carbonyl (C=O) groups is 1. The molecule has 0 spiro atoms. The van der Waals surface area contributed by atoms with E-state index in [0.717, 1.165) is 13.0 Å². The molecule has 0 radical (unpaired) electrons. The van der Waals surface area contributed by atoms with Crippen LogP contribution < -0.4 is 5.32 Å². The van der Waals surface area contributed by atoms with Gasteiger partial charge in [0.25, 0.3) is 0 Å². The number of fused-ring (bicyclic) bond motifs is 1. The molecule has 1 aromatic carbocycles. The summed E-state index contributed by atoms with van der Waals surface area (Å²) in [5.74, 6) is 0.473. The van der Waals surface area contributed by atoms with Crippen LogP contribution in [0.25, 0.3) is 0 Å². The fourth-order valence-corrected chi connectivity index (χ4v) is 3.29. The Labute approximate surface area is 107 Å². The first-order valence-corrected chi connectivity index (χ1v) is 6.72. The highest BCUT2D eigenvalue weighted by Gasteiger charge is 2.38. The first kappa shape index (κ1) is 11.8. The number of halogens is 1. The van der Waals surface area contributed by atoms with E-state index in [1.165, 1.54) is 12.5 Å². The van der Waals surface area contributed by atoms with Gasteiger partial charge in [-0.1, -0.05) is 19.1 Å². The van der Waals surface area contributed by atoms with Crippen LogP contribution >= 0.6 is 0 Å². The van der Waals surface area contributed by atoms with Gasteiger partial charge in [-0.25, -0.2) is 4.39 Å². The lowest BCUT2D eigenvalue weighted by atomic mass is 9.84. The highest BCUT2D eigenvalue weighted by atomic mass is 19.1. The van der Waals surface area contributed by atoms with E-state index in [2.05, 4.69) is 12.2 Å². The SMILES string of the molecule is CC1CCNC(C2Cc3c(F)cccc3C2=O)C1. The average Bonchev–Trinajstić information content (AvgIpc) is 2.69. The Balaban J connectivity index is 1.86. The number of ketones is 1. The molecule has 1 saturated heterocycles. The van der Waals surface area contributed by atoms with E-state index in [-0.39, 0.29) is 23.6 Å². The number of Topliss-reactive ketones (excluding diaryl/α,β-unsaturated/α-hetero) is 1. The lowest BCUT2D eigenvalue weighted by Gasteiger charge is -2.31. The number of rotatable bonds is 1. The molecule has 3 atom stereocenters. The van der Waals surface area contributed by atoms with Gasteiger partial charge >= 0.3 is 0 Å². The lowest BCUT2D eigenvalue weighted by molar-refractivity contribution is 0.0888. The number of nitrogens with one attached hydrogen (secondary N) is 1. The van der Waals surface area contributed by atoms with Gasteiger partial charge in [-0.3, -0.25) is 4.79 Å². The lowest BCUT2D eigenvalue weighted by Crippen LogP contribution is -2.44. The summed E-state index contributed by atoms with van der Waals surface area (Å²) in [4.78, 5) is 12.3. The summed E-state index contributed by atoms with van der Waals surface area (Å²) in [5.41, 5.74) is 1.22. The topological polar surface area (TPSA) is 29.1 Å². The van der Waals surface area contributed by atoms with Gasteiger partial charge in [0, 0.05) is 17.5 Å². The summed E-state index contributed by atoms with van der Waals surface area (Å²) in [6, 6.07) is 5.05. The first-order valence-electron chi connectivity index (χ1n) is 6.72. The van der Waals surface area contributed by atoms with E-state index < -0.39 is 0 Å². The molecular formula is C15H18FNO. The first-order chi connectivity index (χ1) is 8.66. The number of benzene rings is 1. The maximum atomic E-state index is 13.7. The third kappa shape index (κ3) is 1.87. The van der Waals surface area contributed by atoms with Crippen LogP contribution in [0.5, 0.6) is 0 Å². The van der Waals surface area contributed by atoms with Crippen molar-refractivity contribution in [3.63, 3.8) is 0 Å². The third-order valence-corrected chi connectivity index (χ3v) is 4.33. The van der Waals surface area contributed by atoms with E-state index >= 15 is 0 Å². The summed E-state index contributed by atoms with van der Waals surface area (Å²) in [6.07, 6.45) is 2.75. The molecule has 0 amide bonds. The second kappa shape index (κ2) is 4.47. The molecule has 1 N–H and O–H groups in total. The van der Waals surface area contributed by atoms with Crippen LogP contribution in [-0.2, 0) is 6.42 Å². The molecule has 96 valence electrons. The van der Waals surface area contributed by atoms with Crippen molar-refractivity contribution in [3.05, 3.63) is 35.1 Å². The van der Waals surface area contributed by atoms with Gasteiger partial charge < -0.3 is 5.32 Å². The monoisotopic (exact) mass is 247 g/mol. The molecule has 1 heterocycles. The van der Waals surface area contributed by atoms with E-state index in [4.69, 9.17) is 0 Å². The Morgan fingerprint density at radius 1 is 1.39 bits per heavy atom. The third-order valence-electron chi connectivity index (χ3n) is 4.33. The number of piperidine rings is 1. The molecule has 3 heteroatoms. The Hall–Kier alpha value is -1.22. The molecule has 2 nitrogen and oxygen atoms in total. The molecule has 1 aliphatic heterocycles. The van der Waals surface area contributed by atoms with Crippen LogP contribution in [0.1, 0.15) is 35.7 Å². The average molecular weight is 247 g/mol. The summed E-state index contributed by atoms with van der Waals surface area (Å²) < 4.78 is 13.7. The fourth-order valence-electron chi connectivity index (χ4n) is 3.29. The number of hydrogen-bond acceptors (Lipinski definition) is 2. The van der Waals surface area contributed by atoms with E-state index in [1.807, 2.05) is 0 Å². The summed E-state index contributed by atoms with van der Waals surface area (Å²) >= 11 is 0. The second-order valence-electron chi connectivity index (χ2n) is 5.63. The van der Waals surface area contributed by atoms with Gasteiger partial charge in [0.1, 0.15) is 5.82 Å². The molecular weight excluding hydrogens is 229 g/mol. The van der Waals surface area contributed by atoms with Crippen molar-refractivity contribution in [2.75, 3.05) is 6.54 Å². The second-order valence-corrected chi connectivity index (χ2v) is 5.63. The van der Waals surface area contributed by atoms with Crippen molar-refractivity contribution in [3.8, 4) is 0 Å². The van der Waals surface area contributed by atoms with Gasteiger partial charge in [-0.15, -0.1) is 0 Å². The molecule has 0 bridgehead atoms. The molecule has 3 rings (SSSR count). The van der Waals surface area contributed by atoms with Gasteiger partial charge in [0.2, 0.25) is 0 Å². The molecule has 1 aromatic rings. The molecule has 0 saturated carbocycles. The Kier molecular flexibility index (Phi) is 2.94. The normalized spacial score (nSPS) is 31.4. The van der Waals surface area contributed by atoms with Crippen LogP contribution in [0.3, 0.4) is 0 Å². The van der Waals surface area contributed by atoms with Crippen LogP contribution in [-0.4, -0.2) is 18.4 Å². The molecule has 3 unspecified atom stereocenters. The van der Waals surface area contributed by atoms with Crippen molar-refractivity contribution in [2.45, 2.75) is 32.2 Å². The highest BCUT2D eigenvalue weighted by molar-refractivity contribution is 6.02. The zero-order chi connectivity index (χ0) is 12.7. The van der Waals surface area contributed by atoms with Gasteiger partial charge in [-0.2, -0.15) is 0 Å². The van der Waals surface area contributed by atoms with Crippen molar-refractivity contribution in [1.29, 1.82) is 0 Å². The zero-order valence-electron chi connectivity index (χ0n) is 10.6. The molecule has 0 aromatic heterocycles. The minimum absolute atomic E-state index is 0.0698. The molecule has 2 aliphatic rings. The standard InChI is InChI=1S/C15H18FNO/c1-9-5-6-17-14(7-9)12-8-11-10(15(12)18)3-2-4-13(11)16/h2-4,9,12,14,17H,5-8H2,1H3. The predicted molar refractivity (Wildman–Crippen MR) is 68.1 cm³/mol. The van der Waals surface area contributed by atoms with Crippen molar-refractivity contribution in [2.24, 2.45) is 11.8 Å². The quantitative estimate of drug-likeness (QED) is 0.826. The van der Waals surface area contributed by atoms with Crippen LogP contribution in [0.4, 0.5) is 4.39 Å². The van der Waals surface area contributed by atoms with E-state index in [1.54, 1.807) is 12.1 Å². The smallest absolute Gasteiger partial charge is 0.168 e. The Morgan fingerprint density at radius 3 is 2.94 bits per heavy atom. The van der Waals surface area contributed by atoms with Crippen molar-refractivity contribution < 1.29 is 9.18 Å². The van der Waals surface area contributed by atoms with Gasteiger partial charge in [-0.05, 0) is 43.4 Å². The van der Waals surface area contributed by atoms with Crippen LogP contribution in [0.2, 0.25) is 0 Å². The minimum atomic E-state index is -0.229. The Bertz CT molecular complexity index is 485. The van der Waals surface area contributed by atoms with Gasteiger partial charge in [0.15, 0.2) is 5.78 Å². The largest absolute Gasteiger partial charge is 0.313 e. The minimum Gasteiger partial charge on any atom is -0.313 e. The molecule has 1 aliphatic carbocycles. The molecule has 18 heavy (non-hydrogen) atoms. The summed E-state index contributed by atoms with van der Waals surface area (Å²) in [5, 5.41) is 3.43. The summed E-state index contributed by atoms with van der Waals surface area (Å²) in [7, 11) is 0. The highest BCUT2D eigenvalue weighted by Crippen LogP contribution is 2.33. The fraction of sp³-hybridized carbons (Fsp3) is 0.533. The van der Waals surface area contributed by atoms with Crippen molar-refractivity contribution in [1.82, 2.24) is 5.32 Å². The number of hydrogen-bond donors (Lipinski definition) is 1. The van der Waals surface area contributed by atoms with E-state index in [0.29, 0.717) is 23.5 Å². The number of carbonyl (C=O) groups excluding carboxylic acids is 1. The van der Waals surface area contributed by atoms with Gasteiger partial charge in [0.05, 0.1) is 0 Å².